The molecule has 19 heavy (non-hydrogen) atoms. The van der Waals surface area contributed by atoms with Crippen LogP contribution in [0.2, 0.25) is 0 Å². The number of nitrogens with one attached hydrogen (secondary N) is 1. The first kappa shape index (κ1) is 13.5. The molecule has 1 heterocycles. The lowest BCUT2D eigenvalue weighted by atomic mass is 10.2. The van der Waals surface area contributed by atoms with E-state index in [1.807, 2.05) is 36.2 Å². The number of nitrogens with zero attached hydrogens (tertiary/aromatic N) is 3. The molecule has 2 aromatic rings. The average Bonchev–Trinajstić information content (AvgIpc) is 2.41. The summed E-state index contributed by atoms with van der Waals surface area (Å²) in [6.45, 7) is 0.689. The van der Waals surface area contributed by atoms with Crippen molar-refractivity contribution >= 4 is 27.7 Å². The Morgan fingerprint density at radius 2 is 2.00 bits per heavy atom. The molecular weight excluding hydrogens is 306 g/mol. The van der Waals surface area contributed by atoms with E-state index in [1.54, 1.807) is 12.3 Å². The largest absolute Gasteiger partial charge is 0.382 e. The van der Waals surface area contributed by atoms with Crippen molar-refractivity contribution < 1.29 is 0 Å². The summed E-state index contributed by atoms with van der Waals surface area (Å²) in [5, 5.41) is 7.38. The predicted octanol–water partition coefficient (Wildman–Crippen LogP) is 2.16. The molecule has 0 amide bonds. The molecule has 6 heteroatoms. The SMILES string of the molecule is CN(Cc1ccc(Br)cc1)c1nccc(C(=N)N)n1. The quantitative estimate of drug-likeness (QED) is 0.668. The summed E-state index contributed by atoms with van der Waals surface area (Å²) in [5.74, 6) is 0.497. The molecular formula is C13H14BrN5. The smallest absolute Gasteiger partial charge is 0.226 e. The van der Waals surface area contributed by atoms with Crippen LogP contribution in [0, 0.1) is 5.41 Å². The van der Waals surface area contributed by atoms with Crippen molar-refractivity contribution in [2.75, 3.05) is 11.9 Å². The van der Waals surface area contributed by atoms with E-state index in [9.17, 15) is 0 Å². The highest BCUT2D eigenvalue weighted by Crippen LogP contribution is 2.14. The summed E-state index contributed by atoms with van der Waals surface area (Å²) >= 11 is 3.41. The number of halogens is 1. The Balaban J connectivity index is 2.15. The number of anilines is 1. The summed E-state index contributed by atoms with van der Waals surface area (Å²) in [6.07, 6.45) is 1.61. The Morgan fingerprint density at radius 1 is 1.32 bits per heavy atom. The van der Waals surface area contributed by atoms with Gasteiger partial charge < -0.3 is 10.6 Å². The summed E-state index contributed by atoms with van der Waals surface area (Å²) in [5.41, 5.74) is 7.01. The van der Waals surface area contributed by atoms with Gasteiger partial charge in [-0.3, -0.25) is 5.41 Å². The van der Waals surface area contributed by atoms with Crippen LogP contribution in [0.3, 0.4) is 0 Å². The van der Waals surface area contributed by atoms with Crippen LogP contribution in [-0.2, 0) is 6.54 Å². The van der Waals surface area contributed by atoms with E-state index in [0.717, 1.165) is 10.0 Å². The van der Waals surface area contributed by atoms with E-state index in [1.165, 1.54) is 0 Å². The molecule has 3 N–H and O–H groups in total. The maximum Gasteiger partial charge on any atom is 0.226 e. The molecule has 0 unspecified atom stereocenters. The second-order valence-electron chi connectivity index (χ2n) is 4.14. The van der Waals surface area contributed by atoms with E-state index in [2.05, 4.69) is 25.9 Å². The Labute approximate surface area is 120 Å². The van der Waals surface area contributed by atoms with Gasteiger partial charge in [0.2, 0.25) is 5.95 Å². The maximum absolute atomic E-state index is 7.38. The number of hydrogen-bond donors (Lipinski definition) is 2. The third-order valence-electron chi connectivity index (χ3n) is 2.59. The molecule has 0 bridgehead atoms. The number of nitrogen functional groups attached to an aromatic ring is 1. The molecule has 98 valence electrons. The van der Waals surface area contributed by atoms with Gasteiger partial charge in [0.05, 0.1) is 0 Å². The first-order valence-electron chi connectivity index (χ1n) is 5.69. The highest BCUT2D eigenvalue weighted by molar-refractivity contribution is 9.10. The first-order chi connectivity index (χ1) is 9.06. The van der Waals surface area contributed by atoms with Crippen molar-refractivity contribution in [2.45, 2.75) is 6.54 Å². The fourth-order valence-electron chi connectivity index (χ4n) is 1.62. The van der Waals surface area contributed by atoms with Gasteiger partial charge in [-0.1, -0.05) is 28.1 Å². The van der Waals surface area contributed by atoms with Crippen LogP contribution in [0.25, 0.3) is 0 Å². The molecule has 0 aliphatic rings. The van der Waals surface area contributed by atoms with E-state index < -0.39 is 0 Å². The number of rotatable bonds is 4. The van der Waals surface area contributed by atoms with E-state index >= 15 is 0 Å². The second kappa shape index (κ2) is 5.79. The van der Waals surface area contributed by atoms with Crippen LogP contribution in [0.15, 0.2) is 41.0 Å². The molecule has 0 spiro atoms. The Morgan fingerprint density at radius 3 is 2.63 bits per heavy atom. The molecule has 0 atom stereocenters. The predicted molar refractivity (Wildman–Crippen MR) is 79.3 cm³/mol. The lowest BCUT2D eigenvalue weighted by Crippen LogP contribution is -2.21. The number of benzene rings is 1. The van der Waals surface area contributed by atoms with Crippen molar-refractivity contribution in [3.8, 4) is 0 Å². The molecule has 0 saturated heterocycles. The minimum Gasteiger partial charge on any atom is -0.382 e. The standard InChI is InChI=1S/C13H14BrN5/c1-19(8-9-2-4-10(14)5-3-9)13-17-7-6-11(18-13)12(15)16/h2-7H,8H2,1H3,(H3,15,16). The molecule has 0 radical (unpaired) electrons. The second-order valence-corrected chi connectivity index (χ2v) is 5.05. The van der Waals surface area contributed by atoms with Gasteiger partial charge in [0, 0.05) is 24.3 Å². The zero-order valence-corrected chi connectivity index (χ0v) is 12.1. The zero-order chi connectivity index (χ0) is 13.8. The third kappa shape index (κ3) is 3.51. The lowest BCUT2D eigenvalue weighted by Gasteiger charge is -2.17. The van der Waals surface area contributed by atoms with E-state index in [-0.39, 0.29) is 5.84 Å². The summed E-state index contributed by atoms with van der Waals surface area (Å²) in [4.78, 5) is 10.3. The van der Waals surface area contributed by atoms with E-state index in [4.69, 9.17) is 11.1 Å². The Bertz CT molecular complexity index is 582. The highest BCUT2D eigenvalue weighted by atomic mass is 79.9. The van der Waals surface area contributed by atoms with Gasteiger partial charge in [0.1, 0.15) is 11.5 Å². The van der Waals surface area contributed by atoms with Crippen molar-refractivity contribution in [1.82, 2.24) is 9.97 Å². The fraction of sp³-hybridized carbons (Fsp3) is 0.154. The summed E-state index contributed by atoms with van der Waals surface area (Å²) < 4.78 is 1.05. The molecule has 1 aromatic heterocycles. The van der Waals surface area contributed by atoms with Crippen LogP contribution >= 0.6 is 15.9 Å². The van der Waals surface area contributed by atoms with Crippen LogP contribution < -0.4 is 10.6 Å². The van der Waals surface area contributed by atoms with Crippen molar-refractivity contribution in [1.29, 1.82) is 5.41 Å². The number of amidine groups is 1. The number of nitrogens with two attached hydrogens (primary N) is 1. The first-order valence-corrected chi connectivity index (χ1v) is 6.48. The van der Waals surface area contributed by atoms with Gasteiger partial charge in [-0.05, 0) is 23.8 Å². The van der Waals surface area contributed by atoms with Gasteiger partial charge in [-0.25, -0.2) is 9.97 Å². The topological polar surface area (TPSA) is 78.9 Å². The maximum atomic E-state index is 7.38. The van der Waals surface area contributed by atoms with Crippen LogP contribution in [0.5, 0.6) is 0 Å². The number of hydrogen-bond acceptors (Lipinski definition) is 4. The molecule has 1 aromatic carbocycles. The zero-order valence-electron chi connectivity index (χ0n) is 10.5. The van der Waals surface area contributed by atoms with Crippen molar-refractivity contribution in [3.05, 3.63) is 52.3 Å². The van der Waals surface area contributed by atoms with Crippen molar-refractivity contribution in [3.63, 3.8) is 0 Å². The third-order valence-corrected chi connectivity index (χ3v) is 3.12. The molecule has 0 aliphatic carbocycles. The van der Waals surface area contributed by atoms with Crippen molar-refractivity contribution in [2.24, 2.45) is 5.73 Å². The fourth-order valence-corrected chi connectivity index (χ4v) is 1.88. The average molecular weight is 320 g/mol. The van der Waals surface area contributed by atoms with Gasteiger partial charge in [-0.2, -0.15) is 0 Å². The van der Waals surface area contributed by atoms with Gasteiger partial charge in [0.25, 0.3) is 0 Å². The Hall–Kier alpha value is -1.95. The normalized spacial score (nSPS) is 10.2. The monoisotopic (exact) mass is 319 g/mol. The molecule has 0 saturated carbocycles. The minimum absolute atomic E-state index is 0.0549. The minimum atomic E-state index is -0.0549. The molecule has 5 nitrogen and oxygen atoms in total. The Kier molecular flexibility index (Phi) is 4.11. The summed E-state index contributed by atoms with van der Waals surface area (Å²) in [7, 11) is 1.90. The van der Waals surface area contributed by atoms with Crippen LogP contribution in [0.1, 0.15) is 11.3 Å². The van der Waals surface area contributed by atoms with Gasteiger partial charge >= 0.3 is 0 Å². The van der Waals surface area contributed by atoms with Crippen LogP contribution in [0.4, 0.5) is 5.95 Å². The molecule has 0 aliphatic heterocycles. The lowest BCUT2D eigenvalue weighted by molar-refractivity contribution is 0.864. The highest BCUT2D eigenvalue weighted by Gasteiger charge is 2.07. The number of aromatic nitrogens is 2. The van der Waals surface area contributed by atoms with Gasteiger partial charge in [-0.15, -0.1) is 0 Å². The van der Waals surface area contributed by atoms with Gasteiger partial charge in [0.15, 0.2) is 0 Å². The van der Waals surface area contributed by atoms with Crippen LogP contribution in [-0.4, -0.2) is 22.9 Å². The summed E-state index contributed by atoms with van der Waals surface area (Å²) in [6, 6.07) is 9.69. The molecule has 2 rings (SSSR count). The van der Waals surface area contributed by atoms with E-state index in [0.29, 0.717) is 18.2 Å². The molecule has 0 fully saturated rings.